The average Bonchev–Trinajstić information content (AvgIpc) is 2.26. The van der Waals surface area contributed by atoms with Crippen LogP contribution in [0, 0.1) is 0 Å². The van der Waals surface area contributed by atoms with Crippen LogP contribution in [-0.2, 0) is 0 Å². The van der Waals surface area contributed by atoms with Crippen LogP contribution in [0.15, 0.2) is 30.3 Å². The number of hydrogen-bond donors (Lipinski definition) is 0. The molecule has 0 N–H and O–H groups in total. The highest BCUT2D eigenvalue weighted by Gasteiger charge is 2.16. The van der Waals surface area contributed by atoms with E-state index in [1.807, 2.05) is 35.2 Å². The van der Waals surface area contributed by atoms with Crippen LogP contribution in [-0.4, -0.2) is 23.4 Å². The molecule has 0 aliphatic carbocycles. The summed E-state index contributed by atoms with van der Waals surface area (Å²) in [6, 6.07) is 9.73. The Bertz CT molecular complexity index is 306. The van der Waals surface area contributed by atoms with Gasteiger partial charge in [0.1, 0.15) is 0 Å². The Hall–Kier alpha value is -1.31. The molecule has 0 fully saturated rings. The summed E-state index contributed by atoms with van der Waals surface area (Å²) < 4.78 is 0. The molecule has 82 valence electrons. The summed E-state index contributed by atoms with van der Waals surface area (Å²) in [7, 11) is 0. The van der Waals surface area contributed by atoms with Crippen molar-refractivity contribution < 1.29 is 4.79 Å². The fourth-order valence-corrected chi connectivity index (χ4v) is 1.58. The van der Waals surface area contributed by atoms with Crippen LogP contribution in [0.2, 0.25) is 0 Å². The van der Waals surface area contributed by atoms with E-state index in [1.54, 1.807) is 0 Å². The van der Waals surface area contributed by atoms with Gasteiger partial charge in [0.25, 0.3) is 5.91 Å². The van der Waals surface area contributed by atoms with Gasteiger partial charge in [0.2, 0.25) is 0 Å². The van der Waals surface area contributed by atoms with E-state index in [4.69, 9.17) is 0 Å². The van der Waals surface area contributed by atoms with Crippen LogP contribution in [0.1, 0.15) is 37.6 Å². The fourth-order valence-electron chi connectivity index (χ4n) is 1.58. The van der Waals surface area contributed by atoms with Gasteiger partial charge in [-0.15, -0.1) is 0 Å². The van der Waals surface area contributed by atoms with Gasteiger partial charge in [-0.1, -0.05) is 25.1 Å². The molecule has 0 radical (unpaired) electrons. The number of rotatable bonds is 4. The summed E-state index contributed by atoms with van der Waals surface area (Å²) in [4.78, 5) is 14.0. The topological polar surface area (TPSA) is 20.3 Å². The maximum atomic E-state index is 12.1. The minimum atomic E-state index is 0.132. The molecule has 0 heterocycles. The third-order valence-corrected chi connectivity index (χ3v) is 2.37. The number of carbonyl (C=O) groups is 1. The molecule has 0 saturated carbocycles. The van der Waals surface area contributed by atoms with Crippen molar-refractivity contribution in [1.82, 2.24) is 4.90 Å². The highest BCUT2D eigenvalue weighted by Crippen LogP contribution is 2.08. The smallest absolute Gasteiger partial charge is 0.254 e. The molecule has 0 atom stereocenters. The molecule has 0 aliphatic rings. The van der Waals surface area contributed by atoms with Gasteiger partial charge in [0.15, 0.2) is 0 Å². The predicted molar refractivity (Wildman–Crippen MR) is 62.9 cm³/mol. The van der Waals surface area contributed by atoms with E-state index >= 15 is 0 Å². The molecule has 1 amide bonds. The number of benzene rings is 1. The second kappa shape index (κ2) is 5.54. The lowest BCUT2D eigenvalue weighted by molar-refractivity contribution is 0.0706. The van der Waals surface area contributed by atoms with Gasteiger partial charge >= 0.3 is 0 Å². The summed E-state index contributed by atoms with van der Waals surface area (Å²) in [5, 5.41) is 0. The molecular weight excluding hydrogens is 186 g/mol. The summed E-state index contributed by atoms with van der Waals surface area (Å²) in [5.74, 6) is 0.132. The summed E-state index contributed by atoms with van der Waals surface area (Å²) in [5.41, 5.74) is 0.777. The van der Waals surface area contributed by atoms with Crippen molar-refractivity contribution in [3.63, 3.8) is 0 Å². The molecule has 0 spiro atoms. The lowest BCUT2D eigenvalue weighted by Crippen LogP contribution is -2.37. The molecule has 1 aromatic carbocycles. The molecule has 15 heavy (non-hydrogen) atoms. The number of hydrogen-bond acceptors (Lipinski definition) is 1. The predicted octanol–water partition coefficient (Wildman–Crippen LogP) is 2.95. The van der Waals surface area contributed by atoms with E-state index in [0.29, 0.717) is 0 Å². The van der Waals surface area contributed by atoms with Crippen molar-refractivity contribution in [1.29, 1.82) is 0 Å². The first-order chi connectivity index (χ1) is 7.16. The highest BCUT2D eigenvalue weighted by molar-refractivity contribution is 5.94. The quantitative estimate of drug-likeness (QED) is 0.740. The lowest BCUT2D eigenvalue weighted by atomic mass is 10.1. The fraction of sp³-hybridized carbons (Fsp3) is 0.462. The Kier molecular flexibility index (Phi) is 4.35. The zero-order valence-electron chi connectivity index (χ0n) is 9.73. The second-order valence-electron chi connectivity index (χ2n) is 3.96. The standard InChI is InChI=1S/C13H19NO/c1-4-10-14(11(2)3)13(15)12-8-6-5-7-9-12/h5-9,11H,4,10H2,1-3H3. The van der Waals surface area contributed by atoms with E-state index in [0.717, 1.165) is 18.5 Å². The molecule has 0 saturated heterocycles. The van der Waals surface area contributed by atoms with Crippen molar-refractivity contribution in [2.75, 3.05) is 6.54 Å². The normalized spacial score (nSPS) is 10.4. The molecule has 1 aromatic rings. The van der Waals surface area contributed by atoms with Gasteiger partial charge in [0, 0.05) is 18.2 Å². The van der Waals surface area contributed by atoms with Crippen molar-refractivity contribution in [3.05, 3.63) is 35.9 Å². The monoisotopic (exact) mass is 205 g/mol. The minimum absolute atomic E-state index is 0.132. The first-order valence-corrected chi connectivity index (χ1v) is 5.52. The van der Waals surface area contributed by atoms with Crippen LogP contribution in [0.3, 0.4) is 0 Å². The molecule has 0 unspecified atom stereocenters. The van der Waals surface area contributed by atoms with Crippen LogP contribution >= 0.6 is 0 Å². The summed E-state index contributed by atoms with van der Waals surface area (Å²) in [6.07, 6.45) is 0.997. The maximum absolute atomic E-state index is 12.1. The Balaban J connectivity index is 2.81. The van der Waals surface area contributed by atoms with E-state index in [2.05, 4.69) is 20.8 Å². The molecule has 2 nitrogen and oxygen atoms in total. The Labute approximate surface area is 91.9 Å². The SMILES string of the molecule is CCCN(C(=O)c1ccccc1)C(C)C. The van der Waals surface area contributed by atoms with Gasteiger partial charge in [-0.3, -0.25) is 4.79 Å². The number of carbonyl (C=O) groups excluding carboxylic acids is 1. The highest BCUT2D eigenvalue weighted by atomic mass is 16.2. The van der Waals surface area contributed by atoms with Crippen molar-refractivity contribution in [2.24, 2.45) is 0 Å². The molecular formula is C13H19NO. The van der Waals surface area contributed by atoms with Gasteiger partial charge in [-0.25, -0.2) is 0 Å². The number of amides is 1. The van der Waals surface area contributed by atoms with Gasteiger partial charge in [0.05, 0.1) is 0 Å². The molecule has 1 rings (SSSR count). The zero-order chi connectivity index (χ0) is 11.3. The van der Waals surface area contributed by atoms with Gasteiger partial charge < -0.3 is 4.90 Å². The Morgan fingerprint density at radius 3 is 2.33 bits per heavy atom. The molecule has 0 aliphatic heterocycles. The largest absolute Gasteiger partial charge is 0.336 e. The lowest BCUT2D eigenvalue weighted by Gasteiger charge is -2.26. The maximum Gasteiger partial charge on any atom is 0.254 e. The van der Waals surface area contributed by atoms with Gasteiger partial charge in [-0.05, 0) is 32.4 Å². The van der Waals surface area contributed by atoms with E-state index < -0.39 is 0 Å². The third kappa shape index (κ3) is 3.08. The molecule has 2 heteroatoms. The molecule has 0 bridgehead atoms. The first-order valence-electron chi connectivity index (χ1n) is 5.52. The van der Waals surface area contributed by atoms with E-state index in [1.165, 1.54) is 0 Å². The van der Waals surface area contributed by atoms with Crippen LogP contribution in [0.25, 0.3) is 0 Å². The average molecular weight is 205 g/mol. The number of nitrogens with zero attached hydrogens (tertiary/aromatic N) is 1. The third-order valence-electron chi connectivity index (χ3n) is 2.37. The van der Waals surface area contributed by atoms with Crippen LogP contribution in [0.4, 0.5) is 0 Å². The summed E-state index contributed by atoms with van der Waals surface area (Å²) >= 11 is 0. The van der Waals surface area contributed by atoms with Crippen LogP contribution < -0.4 is 0 Å². The Morgan fingerprint density at radius 1 is 1.27 bits per heavy atom. The van der Waals surface area contributed by atoms with Crippen molar-refractivity contribution in [2.45, 2.75) is 33.2 Å². The van der Waals surface area contributed by atoms with Crippen LogP contribution in [0.5, 0.6) is 0 Å². The van der Waals surface area contributed by atoms with E-state index in [9.17, 15) is 4.79 Å². The van der Waals surface area contributed by atoms with Crippen molar-refractivity contribution >= 4 is 5.91 Å². The second-order valence-corrected chi connectivity index (χ2v) is 3.96. The minimum Gasteiger partial charge on any atom is -0.336 e. The summed E-state index contributed by atoms with van der Waals surface area (Å²) in [6.45, 7) is 7.02. The van der Waals surface area contributed by atoms with E-state index in [-0.39, 0.29) is 11.9 Å². The van der Waals surface area contributed by atoms with Crippen molar-refractivity contribution in [3.8, 4) is 0 Å². The molecule has 0 aromatic heterocycles. The first kappa shape index (κ1) is 11.8. The zero-order valence-corrected chi connectivity index (χ0v) is 9.73. The Morgan fingerprint density at radius 2 is 1.87 bits per heavy atom. The van der Waals surface area contributed by atoms with Gasteiger partial charge in [-0.2, -0.15) is 0 Å².